The Balaban J connectivity index is 1.92. The lowest BCUT2D eigenvalue weighted by Crippen LogP contribution is -2.15. The van der Waals surface area contributed by atoms with Crippen LogP contribution in [-0.4, -0.2) is 15.3 Å². The van der Waals surface area contributed by atoms with E-state index < -0.39 is 0 Å². The number of aromatic nitrogens is 2. The number of hydrogen-bond acceptors (Lipinski definition) is 3. The van der Waals surface area contributed by atoms with Crippen molar-refractivity contribution < 1.29 is 9.53 Å². The summed E-state index contributed by atoms with van der Waals surface area (Å²) < 4.78 is 7.74. The lowest BCUT2D eigenvalue weighted by Gasteiger charge is -2.08. The Hall–Kier alpha value is -2.82. The maximum absolute atomic E-state index is 11.2. The van der Waals surface area contributed by atoms with Crippen molar-refractivity contribution in [2.24, 2.45) is 5.73 Å². The smallest absolute Gasteiger partial charge is 0.223 e. The standard InChI is InChI=1S/C17H17N3O2/c1-12-14(10-16(18)21)20-9-5-8-15(17(20)19-12)22-11-13-6-3-2-4-7-13/h2-9H,10-11H2,1H3,(H2,18,21). The number of hydrogen-bond donors (Lipinski definition) is 1. The molecule has 0 aliphatic rings. The molecule has 0 saturated heterocycles. The van der Waals surface area contributed by atoms with Crippen LogP contribution in [0.1, 0.15) is 17.0 Å². The van der Waals surface area contributed by atoms with Crippen LogP contribution in [0, 0.1) is 6.92 Å². The number of imidazole rings is 1. The number of fused-ring (bicyclic) bond motifs is 1. The fourth-order valence-electron chi connectivity index (χ4n) is 2.43. The highest BCUT2D eigenvalue weighted by atomic mass is 16.5. The molecule has 0 fully saturated rings. The second kappa shape index (κ2) is 5.89. The number of primary amides is 1. The monoisotopic (exact) mass is 295 g/mol. The summed E-state index contributed by atoms with van der Waals surface area (Å²) in [5.41, 5.74) is 8.68. The summed E-state index contributed by atoms with van der Waals surface area (Å²) in [6.45, 7) is 2.34. The molecule has 3 aromatic rings. The van der Waals surface area contributed by atoms with Gasteiger partial charge in [-0.1, -0.05) is 30.3 Å². The van der Waals surface area contributed by atoms with Crippen LogP contribution in [0.25, 0.3) is 5.65 Å². The lowest BCUT2D eigenvalue weighted by molar-refractivity contribution is -0.117. The first-order valence-electron chi connectivity index (χ1n) is 7.06. The van der Waals surface area contributed by atoms with Gasteiger partial charge in [0.15, 0.2) is 11.4 Å². The molecule has 0 saturated carbocycles. The molecule has 2 N–H and O–H groups in total. The minimum Gasteiger partial charge on any atom is -0.485 e. The Morgan fingerprint density at radius 1 is 1.23 bits per heavy atom. The van der Waals surface area contributed by atoms with Gasteiger partial charge in [-0.05, 0) is 24.6 Å². The number of carbonyl (C=O) groups excluding carboxylic acids is 1. The topological polar surface area (TPSA) is 69.6 Å². The summed E-state index contributed by atoms with van der Waals surface area (Å²) in [4.78, 5) is 15.7. The number of amides is 1. The van der Waals surface area contributed by atoms with E-state index in [-0.39, 0.29) is 12.3 Å². The van der Waals surface area contributed by atoms with Crippen molar-refractivity contribution in [3.05, 3.63) is 65.6 Å². The number of aryl methyl sites for hydroxylation is 1. The molecular weight excluding hydrogens is 278 g/mol. The van der Waals surface area contributed by atoms with Gasteiger partial charge in [-0.3, -0.25) is 4.79 Å². The van der Waals surface area contributed by atoms with Gasteiger partial charge in [-0.25, -0.2) is 4.98 Å². The molecule has 0 spiro atoms. The predicted molar refractivity (Wildman–Crippen MR) is 83.6 cm³/mol. The second-order valence-corrected chi connectivity index (χ2v) is 5.13. The molecule has 22 heavy (non-hydrogen) atoms. The molecule has 0 bridgehead atoms. The lowest BCUT2D eigenvalue weighted by atomic mass is 10.2. The second-order valence-electron chi connectivity index (χ2n) is 5.13. The number of nitrogens with two attached hydrogens (primary N) is 1. The van der Waals surface area contributed by atoms with E-state index in [1.165, 1.54) is 0 Å². The number of rotatable bonds is 5. The Bertz CT molecular complexity index is 809. The molecular formula is C17H17N3O2. The molecule has 5 heteroatoms. The molecule has 2 aromatic heterocycles. The molecule has 0 aliphatic heterocycles. The van der Waals surface area contributed by atoms with E-state index in [9.17, 15) is 4.79 Å². The van der Waals surface area contributed by atoms with Crippen molar-refractivity contribution in [1.29, 1.82) is 0 Å². The van der Waals surface area contributed by atoms with Crippen LogP contribution in [0.2, 0.25) is 0 Å². The minimum absolute atomic E-state index is 0.162. The molecule has 0 atom stereocenters. The van der Waals surface area contributed by atoms with Gasteiger partial charge in [0, 0.05) is 6.20 Å². The number of carbonyl (C=O) groups is 1. The molecule has 0 aliphatic carbocycles. The SMILES string of the molecule is Cc1nc2c(OCc3ccccc3)cccn2c1CC(N)=O. The average Bonchev–Trinajstić information content (AvgIpc) is 2.82. The van der Waals surface area contributed by atoms with Gasteiger partial charge in [-0.2, -0.15) is 0 Å². The highest BCUT2D eigenvalue weighted by Gasteiger charge is 2.14. The van der Waals surface area contributed by atoms with Crippen molar-refractivity contribution in [1.82, 2.24) is 9.38 Å². The van der Waals surface area contributed by atoms with Gasteiger partial charge < -0.3 is 14.9 Å². The van der Waals surface area contributed by atoms with E-state index in [2.05, 4.69) is 4.98 Å². The first kappa shape index (κ1) is 14.1. The summed E-state index contributed by atoms with van der Waals surface area (Å²) in [6, 6.07) is 13.7. The number of benzene rings is 1. The number of ether oxygens (including phenoxy) is 1. The quantitative estimate of drug-likeness (QED) is 0.785. The van der Waals surface area contributed by atoms with E-state index in [1.54, 1.807) is 0 Å². The van der Waals surface area contributed by atoms with E-state index in [1.807, 2.05) is 60.0 Å². The van der Waals surface area contributed by atoms with Crippen LogP contribution in [0.15, 0.2) is 48.7 Å². The van der Waals surface area contributed by atoms with Crippen LogP contribution < -0.4 is 10.5 Å². The number of nitrogens with zero attached hydrogens (tertiary/aromatic N) is 2. The zero-order chi connectivity index (χ0) is 15.5. The third-order valence-electron chi connectivity index (χ3n) is 3.49. The maximum Gasteiger partial charge on any atom is 0.223 e. The van der Waals surface area contributed by atoms with Crippen LogP contribution in [0.4, 0.5) is 0 Å². The van der Waals surface area contributed by atoms with Crippen molar-refractivity contribution >= 4 is 11.6 Å². The molecule has 112 valence electrons. The number of pyridine rings is 1. The van der Waals surface area contributed by atoms with Crippen LogP contribution >= 0.6 is 0 Å². The van der Waals surface area contributed by atoms with E-state index >= 15 is 0 Å². The molecule has 1 amide bonds. The summed E-state index contributed by atoms with van der Waals surface area (Å²) in [6.07, 6.45) is 2.03. The van der Waals surface area contributed by atoms with Crippen LogP contribution in [0.5, 0.6) is 5.75 Å². The van der Waals surface area contributed by atoms with Crippen LogP contribution in [0.3, 0.4) is 0 Å². The van der Waals surface area contributed by atoms with Crippen molar-refractivity contribution in [3.8, 4) is 5.75 Å². The predicted octanol–water partition coefficient (Wildman–Crippen LogP) is 2.25. The normalized spacial score (nSPS) is 10.8. The molecule has 0 unspecified atom stereocenters. The van der Waals surface area contributed by atoms with Gasteiger partial charge >= 0.3 is 0 Å². The molecule has 2 heterocycles. The van der Waals surface area contributed by atoms with Gasteiger partial charge in [0.05, 0.1) is 17.8 Å². The van der Waals surface area contributed by atoms with Crippen LogP contribution in [-0.2, 0) is 17.8 Å². The highest BCUT2D eigenvalue weighted by Crippen LogP contribution is 2.23. The minimum atomic E-state index is -0.375. The van der Waals surface area contributed by atoms with Gasteiger partial charge in [0.1, 0.15) is 6.61 Å². The van der Waals surface area contributed by atoms with E-state index in [0.717, 1.165) is 17.0 Å². The molecule has 0 radical (unpaired) electrons. The fraction of sp³-hybridized carbons (Fsp3) is 0.176. The third kappa shape index (κ3) is 2.79. The average molecular weight is 295 g/mol. The zero-order valence-electron chi connectivity index (χ0n) is 12.3. The fourth-order valence-corrected chi connectivity index (χ4v) is 2.43. The maximum atomic E-state index is 11.2. The molecule has 3 rings (SSSR count). The first-order chi connectivity index (χ1) is 10.6. The van der Waals surface area contributed by atoms with Gasteiger partial charge in [0.2, 0.25) is 5.91 Å². The van der Waals surface area contributed by atoms with Gasteiger partial charge in [-0.15, -0.1) is 0 Å². The van der Waals surface area contributed by atoms with Crippen molar-refractivity contribution in [2.45, 2.75) is 20.0 Å². The Kier molecular flexibility index (Phi) is 3.78. The van der Waals surface area contributed by atoms with E-state index in [4.69, 9.17) is 10.5 Å². The third-order valence-corrected chi connectivity index (χ3v) is 3.49. The molecule has 1 aromatic carbocycles. The van der Waals surface area contributed by atoms with Crippen molar-refractivity contribution in [3.63, 3.8) is 0 Å². The summed E-state index contributed by atoms with van der Waals surface area (Å²) in [7, 11) is 0. The van der Waals surface area contributed by atoms with E-state index in [0.29, 0.717) is 18.0 Å². The Morgan fingerprint density at radius 2 is 2.00 bits per heavy atom. The Labute approximate surface area is 128 Å². The largest absolute Gasteiger partial charge is 0.485 e. The highest BCUT2D eigenvalue weighted by molar-refractivity contribution is 5.77. The summed E-state index contributed by atoms with van der Waals surface area (Å²) in [5, 5.41) is 0. The van der Waals surface area contributed by atoms with Gasteiger partial charge in [0.25, 0.3) is 0 Å². The van der Waals surface area contributed by atoms with Crippen molar-refractivity contribution in [2.75, 3.05) is 0 Å². The Morgan fingerprint density at radius 3 is 2.73 bits per heavy atom. The first-order valence-corrected chi connectivity index (χ1v) is 7.06. The molecule has 5 nitrogen and oxygen atoms in total. The zero-order valence-corrected chi connectivity index (χ0v) is 12.3. The summed E-state index contributed by atoms with van der Waals surface area (Å²) in [5.74, 6) is 0.311. The summed E-state index contributed by atoms with van der Waals surface area (Å²) >= 11 is 0.